The maximum Gasteiger partial charge on any atom is 0.323 e. The standard InChI is InChI=1S/C14H29NO3Si/c1-10(2)17-13(16)12-8-11(9-15-12)18-19(6,7)14(3,4)5/h10-12,15H,8-9H2,1-7H3/t11-,12+/m1/s1. The third-order valence-corrected chi connectivity index (χ3v) is 8.53. The van der Waals surface area contributed by atoms with Gasteiger partial charge in [0.1, 0.15) is 6.04 Å². The van der Waals surface area contributed by atoms with Crippen LogP contribution in [0.1, 0.15) is 41.0 Å². The first kappa shape index (κ1) is 16.7. The predicted molar refractivity (Wildman–Crippen MR) is 79.7 cm³/mol. The molecule has 0 aromatic carbocycles. The number of ether oxygens (including phenoxy) is 1. The minimum Gasteiger partial charge on any atom is -0.462 e. The van der Waals surface area contributed by atoms with Crippen molar-refractivity contribution in [3.8, 4) is 0 Å². The molecule has 0 saturated carbocycles. The van der Waals surface area contributed by atoms with E-state index >= 15 is 0 Å². The zero-order valence-corrected chi connectivity index (χ0v) is 14.4. The first-order valence-corrected chi connectivity index (χ1v) is 10.1. The van der Waals surface area contributed by atoms with Gasteiger partial charge in [0.05, 0.1) is 12.2 Å². The third-order valence-electron chi connectivity index (χ3n) is 3.99. The monoisotopic (exact) mass is 287 g/mol. The van der Waals surface area contributed by atoms with Crippen LogP contribution in [0.15, 0.2) is 0 Å². The van der Waals surface area contributed by atoms with E-state index in [0.29, 0.717) is 0 Å². The van der Waals surface area contributed by atoms with Gasteiger partial charge in [0, 0.05) is 6.54 Å². The summed E-state index contributed by atoms with van der Waals surface area (Å²) in [4.78, 5) is 11.8. The molecule has 1 aliphatic rings. The van der Waals surface area contributed by atoms with Crippen LogP contribution in [0.25, 0.3) is 0 Å². The molecule has 2 atom stereocenters. The molecule has 1 heterocycles. The highest BCUT2D eigenvalue weighted by Gasteiger charge is 2.41. The summed E-state index contributed by atoms with van der Waals surface area (Å²) in [6.07, 6.45) is 0.790. The Kier molecular flexibility index (Phi) is 5.20. The van der Waals surface area contributed by atoms with Gasteiger partial charge in [0.25, 0.3) is 0 Å². The number of carbonyl (C=O) groups excluding carboxylic acids is 1. The maximum atomic E-state index is 11.8. The Balaban J connectivity index is 2.51. The summed E-state index contributed by atoms with van der Waals surface area (Å²) in [6.45, 7) is 15.7. The van der Waals surface area contributed by atoms with Gasteiger partial charge in [0.2, 0.25) is 0 Å². The van der Waals surface area contributed by atoms with Gasteiger partial charge in [-0.2, -0.15) is 0 Å². The van der Waals surface area contributed by atoms with E-state index in [9.17, 15) is 4.79 Å². The van der Waals surface area contributed by atoms with Gasteiger partial charge in [-0.15, -0.1) is 0 Å². The van der Waals surface area contributed by atoms with Crippen molar-refractivity contribution in [1.82, 2.24) is 5.32 Å². The molecule has 0 aromatic rings. The zero-order valence-electron chi connectivity index (χ0n) is 13.4. The molecule has 4 nitrogen and oxygen atoms in total. The van der Waals surface area contributed by atoms with Crippen LogP contribution in [0, 0.1) is 0 Å². The van der Waals surface area contributed by atoms with Crippen LogP contribution in [0.3, 0.4) is 0 Å². The summed E-state index contributed by atoms with van der Waals surface area (Å²) in [7, 11) is -1.76. The number of rotatable bonds is 4. The zero-order chi connectivity index (χ0) is 14.8. The van der Waals surface area contributed by atoms with Crippen molar-refractivity contribution in [3.63, 3.8) is 0 Å². The van der Waals surface area contributed by atoms with E-state index in [1.165, 1.54) is 0 Å². The molecule has 1 N–H and O–H groups in total. The van der Waals surface area contributed by atoms with Crippen molar-refractivity contribution < 1.29 is 14.0 Å². The SMILES string of the molecule is CC(C)OC(=O)[C@@H]1C[C@@H](O[Si](C)(C)C(C)(C)C)CN1. The molecule has 112 valence electrons. The van der Waals surface area contributed by atoms with Gasteiger partial charge in [0.15, 0.2) is 8.32 Å². The molecule has 0 aliphatic carbocycles. The number of nitrogens with one attached hydrogen (secondary N) is 1. The molecular formula is C14H29NO3Si. The van der Waals surface area contributed by atoms with Crippen LogP contribution in [0.4, 0.5) is 0 Å². The van der Waals surface area contributed by atoms with Crippen LogP contribution in [-0.2, 0) is 14.0 Å². The maximum absolute atomic E-state index is 11.8. The van der Waals surface area contributed by atoms with E-state index in [2.05, 4.69) is 39.2 Å². The highest BCUT2D eigenvalue weighted by atomic mass is 28.4. The van der Waals surface area contributed by atoms with Crippen LogP contribution >= 0.6 is 0 Å². The lowest BCUT2D eigenvalue weighted by atomic mass is 10.2. The summed E-state index contributed by atoms with van der Waals surface area (Å²) < 4.78 is 11.6. The van der Waals surface area contributed by atoms with Crippen molar-refractivity contribution >= 4 is 14.3 Å². The van der Waals surface area contributed by atoms with E-state index in [-0.39, 0.29) is 29.3 Å². The van der Waals surface area contributed by atoms with Crippen molar-refractivity contribution in [2.45, 2.75) is 77.4 Å². The van der Waals surface area contributed by atoms with Gasteiger partial charge in [-0.25, -0.2) is 0 Å². The van der Waals surface area contributed by atoms with Crippen molar-refractivity contribution in [3.05, 3.63) is 0 Å². The second kappa shape index (κ2) is 5.93. The molecular weight excluding hydrogens is 258 g/mol. The van der Waals surface area contributed by atoms with Gasteiger partial charge in [-0.05, 0) is 38.4 Å². The lowest BCUT2D eigenvalue weighted by molar-refractivity contribution is -0.149. The van der Waals surface area contributed by atoms with Crippen LogP contribution < -0.4 is 5.32 Å². The highest BCUT2D eigenvalue weighted by Crippen LogP contribution is 2.38. The molecule has 1 rings (SSSR count). The van der Waals surface area contributed by atoms with Crippen molar-refractivity contribution in [2.24, 2.45) is 0 Å². The smallest absolute Gasteiger partial charge is 0.323 e. The van der Waals surface area contributed by atoms with E-state index in [1.807, 2.05) is 13.8 Å². The highest BCUT2D eigenvalue weighted by molar-refractivity contribution is 6.74. The van der Waals surface area contributed by atoms with Crippen molar-refractivity contribution in [1.29, 1.82) is 0 Å². The van der Waals surface area contributed by atoms with E-state index < -0.39 is 8.32 Å². The topological polar surface area (TPSA) is 47.6 Å². The molecule has 0 spiro atoms. The second-order valence-electron chi connectivity index (χ2n) is 7.18. The van der Waals surface area contributed by atoms with Crippen LogP contribution in [-0.4, -0.2) is 39.1 Å². The molecule has 19 heavy (non-hydrogen) atoms. The Morgan fingerprint density at radius 1 is 1.32 bits per heavy atom. The summed E-state index contributed by atoms with van der Waals surface area (Å²) in [6, 6.07) is -0.211. The van der Waals surface area contributed by atoms with Gasteiger partial charge in [-0.1, -0.05) is 20.8 Å². The Labute approximate surface area is 118 Å². The summed E-state index contributed by atoms with van der Waals surface area (Å²) >= 11 is 0. The van der Waals surface area contributed by atoms with Crippen LogP contribution in [0.2, 0.25) is 18.1 Å². The second-order valence-corrected chi connectivity index (χ2v) is 11.9. The lowest BCUT2D eigenvalue weighted by Gasteiger charge is -2.38. The first-order valence-electron chi connectivity index (χ1n) is 7.14. The lowest BCUT2D eigenvalue weighted by Crippen LogP contribution is -2.44. The predicted octanol–water partition coefficient (Wildman–Crippen LogP) is 2.69. The molecule has 1 saturated heterocycles. The normalized spacial score (nSPS) is 24.8. The summed E-state index contributed by atoms with van der Waals surface area (Å²) in [5, 5.41) is 3.41. The van der Waals surface area contributed by atoms with Gasteiger partial charge < -0.3 is 14.5 Å². The van der Waals surface area contributed by atoms with Crippen LogP contribution in [0.5, 0.6) is 0 Å². The quantitative estimate of drug-likeness (QED) is 0.638. The fourth-order valence-electron chi connectivity index (χ4n) is 1.88. The number of carbonyl (C=O) groups is 1. The Hall–Kier alpha value is -0.393. The summed E-state index contributed by atoms with van der Waals surface area (Å²) in [5.74, 6) is -0.156. The van der Waals surface area contributed by atoms with E-state index in [4.69, 9.17) is 9.16 Å². The largest absolute Gasteiger partial charge is 0.462 e. The first-order chi connectivity index (χ1) is 8.53. The molecule has 1 aliphatic heterocycles. The van der Waals surface area contributed by atoms with Gasteiger partial charge in [-0.3, -0.25) is 4.79 Å². The number of esters is 1. The Morgan fingerprint density at radius 2 is 1.89 bits per heavy atom. The van der Waals surface area contributed by atoms with E-state index in [1.54, 1.807) is 0 Å². The Bertz CT molecular complexity index is 323. The van der Waals surface area contributed by atoms with Gasteiger partial charge >= 0.3 is 5.97 Å². The molecule has 0 unspecified atom stereocenters. The average molecular weight is 287 g/mol. The molecule has 0 amide bonds. The molecule has 0 bridgehead atoms. The molecule has 0 radical (unpaired) electrons. The third kappa shape index (κ3) is 4.58. The molecule has 0 aromatic heterocycles. The number of hydrogen-bond donors (Lipinski definition) is 1. The fraction of sp³-hybridized carbons (Fsp3) is 0.929. The molecule has 5 heteroatoms. The Morgan fingerprint density at radius 3 is 2.37 bits per heavy atom. The average Bonchev–Trinajstić information content (AvgIpc) is 2.62. The minimum atomic E-state index is -1.76. The molecule has 1 fully saturated rings. The minimum absolute atomic E-state index is 0.0605. The summed E-state index contributed by atoms with van der Waals surface area (Å²) in [5.41, 5.74) is 0. The van der Waals surface area contributed by atoms with Crippen molar-refractivity contribution in [2.75, 3.05) is 6.54 Å². The number of hydrogen-bond acceptors (Lipinski definition) is 4. The fourth-order valence-corrected chi connectivity index (χ4v) is 3.25. The van der Waals surface area contributed by atoms with E-state index in [0.717, 1.165) is 13.0 Å².